The largest absolute Gasteiger partial charge is 0.451 e. The number of thioether (sulfide) groups is 1. The molecule has 1 aromatic carbocycles. The first-order valence-corrected chi connectivity index (χ1v) is 7.08. The first kappa shape index (κ1) is 15.4. The zero-order valence-corrected chi connectivity index (χ0v) is 12.1. The Kier molecular flexibility index (Phi) is 4.78. The van der Waals surface area contributed by atoms with E-state index in [2.05, 4.69) is 9.97 Å². The lowest BCUT2D eigenvalue weighted by Gasteiger charge is -2.08. The van der Waals surface area contributed by atoms with Gasteiger partial charge in [-0.1, -0.05) is 41.4 Å². The van der Waals surface area contributed by atoms with Crippen LogP contribution < -0.4 is 0 Å². The van der Waals surface area contributed by atoms with Crippen LogP contribution in [0.1, 0.15) is 11.4 Å². The van der Waals surface area contributed by atoms with Crippen molar-refractivity contribution in [1.82, 2.24) is 9.97 Å². The van der Waals surface area contributed by atoms with Gasteiger partial charge in [0.2, 0.25) is 5.82 Å². The molecule has 2 rings (SSSR count). The summed E-state index contributed by atoms with van der Waals surface area (Å²) in [4.78, 5) is 6.62. The molecule has 0 atom stereocenters. The van der Waals surface area contributed by atoms with Crippen LogP contribution in [0.25, 0.3) is 0 Å². The van der Waals surface area contributed by atoms with Gasteiger partial charge in [0.25, 0.3) is 0 Å². The SMILES string of the molecule is FC(F)(F)c1nc(Cl)cc(SCc2ccccc2Cl)n1. The molecule has 1 aromatic heterocycles. The Bertz CT molecular complexity index is 620. The van der Waals surface area contributed by atoms with Gasteiger partial charge >= 0.3 is 6.18 Å². The van der Waals surface area contributed by atoms with Crippen LogP contribution in [0.2, 0.25) is 10.2 Å². The molecule has 0 N–H and O–H groups in total. The summed E-state index contributed by atoms with van der Waals surface area (Å²) in [6.45, 7) is 0. The minimum atomic E-state index is -4.62. The molecule has 0 bridgehead atoms. The van der Waals surface area contributed by atoms with Crippen LogP contribution in [0.15, 0.2) is 35.4 Å². The van der Waals surface area contributed by atoms with Crippen LogP contribution in [0.4, 0.5) is 13.2 Å². The van der Waals surface area contributed by atoms with Gasteiger partial charge in [0, 0.05) is 16.8 Å². The molecule has 0 radical (unpaired) electrons. The summed E-state index contributed by atoms with van der Waals surface area (Å²) < 4.78 is 37.7. The van der Waals surface area contributed by atoms with Gasteiger partial charge in [-0.15, -0.1) is 11.8 Å². The minimum absolute atomic E-state index is 0.150. The van der Waals surface area contributed by atoms with Crippen molar-refractivity contribution in [2.75, 3.05) is 0 Å². The third-order valence-corrected chi connectivity index (χ3v) is 3.78. The first-order chi connectivity index (χ1) is 9.36. The molecule has 1 heterocycles. The molecule has 0 saturated heterocycles. The Labute approximate surface area is 127 Å². The van der Waals surface area contributed by atoms with Crippen molar-refractivity contribution in [1.29, 1.82) is 0 Å². The average molecular weight is 339 g/mol. The van der Waals surface area contributed by atoms with E-state index in [-0.39, 0.29) is 10.2 Å². The summed E-state index contributed by atoms with van der Waals surface area (Å²) in [5.74, 6) is -0.851. The van der Waals surface area contributed by atoms with Gasteiger partial charge in [-0.3, -0.25) is 0 Å². The average Bonchev–Trinajstić information content (AvgIpc) is 2.36. The van der Waals surface area contributed by atoms with Crippen molar-refractivity contribution in [2.24, 2.45) is 0 Å². The van der Waals surface area contributed by atoms with Crippen molar-refractivity contribution in [3.05, 3.63) is 51.9 Å². The van der Waals surface area contributed by atoms with E-state index in [0.29, 0.717) is 10.8 Å². The number of halogens is 5. The molecule has 20 heavy (non-hydrogen) atoms. The molecule has 0 aliphatic heterocycles. The van der Waals surface area contributed by atoms with Gasteiger partial charge < -0.3 is 0 Å². The highest BCUT2D eigenvalue weighted by Gasteiger charge is 2.35. The summed E-state index contributed by atoms with van der Waals surface area (Å²) >= 11 is 12.7. The number of rotatable bonds is 3. The fraction of sp³-hybridized carbons (Fsp3) is 0.167. The highest BCUT2D eigenvalue weighted by atomic mass is 35.5. The molecule has 0 saturated carbocycles. The quantitative estimate of drug-likeness (QED) is 0.575. The smallest absolute Gasteiger partial charge is 0.218 e. The molecule has 2 nitrogen and oxygen atoms in total. The van der Waals surface area contributed by atoms with Gasteiger partial charge in [-0.25, -0.2) is 9.97 Å². The Balaban J connectivity index is 2.18. The van der Waals surface area contributed by atoms with Gasteiger partial charge in [-0.05, 0) is 11.6 Å². The van der Waals surface area contributed by atoms with E-state index in [0.717, 1.165) is 17.3 Å². The zero-order chi connectivity index (χ0) is 14.8. The Morgan fingerprint density at radius 2 is 1.80 bits per heavy atom. The highest BCUT2D eigenvalue weighted by Crippen LogP contribution is 2.31. The second-order valence-corrected chi connectivity index (χ2v) is 5.52. The Hall–Kier alpha value is -0.980. The maximum Gasteiger partial charge on any atom is 0.451 e. The molecule has 0 spiro atoms. The summed E-state index contributed by atoms with van der Waals surface area (Å²) in [5, 5.41) is 0.461. The molecule has 2 aromatic rings. The summed E-state index contributed by atoms with van der Waals surface area (Å²) in [6, 6.07) is 8.38. The van der Waals surface area contributed by atoms with Crippen molar-refractivity contribution in [2.45, 2.75) is 17.0 Å². The van der Waals surface area contributed by atoms with Crippen LogP contribution in [-0.2, 0) is 11.9 Å². The topological polar surface area (TPSA) is 25.8 Å². The third kappa shape index (κ3) is 4.01. The lowest BCUT2D eigenvalue weighted by atomic mass is 10.2. The standard InChI is InChI=1S/C12H7Cl2F3N2S/c13-8-4-2-1-3-7(8)6-20-10-5-9(14)18-11(19-10)12(15,16)17/h1-5H,6H2. The fourth-order valence-corrected chi connectivity index (χ4v) is 2.80. The van der Waals surface area contributed by atoms with E-state index in [9.17, 15) is 13.2 Å². The molecule has 0 amide bonds. The first-order valence-electron chi connectivity index (χ1n) is 5.34. The fourth-order valence-electron chi connectivity index (χ4n) is 1.36. The number of hydrogen-bond donors (Lipinski definition) is 0. The van der Waals surface area contributed by atoms with Crippen molar-refractivity contribution >= 4 is 35.0 Å². The number of benzene rings is 1. The van der Waals surface area contributed by atoms with Gasteiger partial charge in [0.05, 0.1) is 0 Å². The molecule has 0 aliphatic carbocycles. The number of nitrogens with zero attached hydrogens (tertiary/aromatic N) is 2. The maximum absolute atomic E-state index is 12.6. The monoisotopic (exact) mass is 338 g/mol. The van der Waals surface area contributed by atoms with Gasteiger partial charge in [0.1, 0.15) is 10.2 Å². The zero-order valence-electron chi connectivity index (χ0n) is 9.79. The van der Waals surface area contributed by atoms with Gasteiger partial charge in [0.15, 0.2) is 0 Å². The molecule has 106 valence electrons. The molecule has 8 heteroatoms. The van der Waals surface area contributed by atoms with E-state index in [1.165, 1.54) is 6.07 Å². The summed E-state index contributed by atoms with van der Waals surface area (Å²) in [6.07, 6.45) is -4.62. The highest BCUT2D eigenvalue weighted by molar-refractivity contribution is 7.98. The van der Waals surface area contributed by atoms with Crippen LogP contribution in [0.5, 0.6) is 0 Å². The van der Waals surface area contributed by atoms with E-state index < -0.39 is 12.0 Å². The normalized spacial score (nSPS) is 11.7. The van der Waals surface area contributed by atoms with Crippen LogP contribution >= 0.6 is 35.0 Å². The van der Waals surface area contributed by atoms with Crippen molar-refractivity contribution in [3.63, 3.8) is 0 Å². The predicted molar refractivity (Wildman–Crippen MR) is 73.1 cm³/mol. The van der Waals surface area contributed by atoms with Crippen molar-refractivity contribution in [3.8, 4) is 0 Å². The Morgan fingerprint density at radius 1 is 1.10 bits per heavy atom. The van der Waals surface area contributed by atoms with Crippen molar-refractivity contribution < 1.29 is 13.2 Å². The maximum atomic E-state index is 12.6. The van der Waals surface area contributed by atoms with E-state index >= 15 is 0 Å². The minimum Gasteiger partial charge on any atom is -0.218 e. The Morgan fingerprint density at radius 3 is 2.45 bits per heavy atom. The second kappa shape index (κ2) is 6.20. The van der Waals surface area contributed by atoms with Crippen LogP contribution in [0.3, 0.4) is 0 Å². The summed E-state index contributed by atoms with van der Waals surface area (Å²) in [5.41, 5.74) is 0.808. The lowest BCUT2D eigenvalue weighted by Crippen LogP contribution is -2.11. The van der Waals surface area contributed by atoms with Crippen LogP contribution in [0, 0.1) is 0 Å². The summed E-state index contributed by atoms with van der Waals surface area (Å²) in [7, 11) is 0. The lowest BCUT2D eigenvalue weighted by molar-refractivity contribution is -0.145. The van der Waals surface area contributed by atoms with E-state index in [1.807, 2.05) is 0 Å². The van der Waals surface area contributed by atoms with E-state index in [1.54, 1.807) is 24.3 Å². The number of aromatic nitrogens is 2. The van der Waals surface area contributed by atoms with Crippen LogP contribution in [-0.4, -0.2) is 9.97 Å². The molecule has 0 aliphatic rings. The predicted octanol–water partition coefficient (Wildman–Crippen LogP) is 5.09. The molecule has 0 fully saturated rings. The molecular weight excluding hydrogens is 332 g/mol. The van der Waals surface area contributed by atoms with E-state index in [4.69, 9.17) is 23.2 Å². The molecular formula is C12H7Cl2F3N2S. The molecule has 0 unspecified atom stereocenters. The number of hydrogen-bond acceptors (Lipinski definition) is 3. The van der Waals surface area contributed by atoms with Gasteiger partial charge in [-0.2, -0.15) is 13.2 Å². The second-order valence-electron chi connectivity index (χ2n) is 3.73. The third-order valence-electron chi connectivity index (χ3n) is 2.26. The number of alkyl halides is 3.